The molecular formula is C21H11NOS2. The molecule has 25 heavy (non-hydrogen) atoms. The minimum atomic E-state index is 0.00971. The van der Waals surface area contributed by atoms with Gasteiger partial charge in [-0.25, -0.2) is 0 Å². The lowest BCUT2D eigenvalue weighted by Crippen LogP contribution is -2.04. The highest BCUT2D eigenvalue weighted by molar-refractivity contribution is 7.41. The lowest BCUT2D eigenvalue weighted by atomic mass is 9.96. The van der Waals surface area contributed by atoms with Crippen molar-refractivity contribution in [2.75, 3.05) is 0 Å². The summed E-state index contributed by atoms with van der Waals surface area (Å²) in [6, 6.07) is 19.1. The van der Waals surface area contributed by atoms with E-state index < -0.39 is 0 Å². The first kappa shape index (κ1) is 13.6. The number of hydrogen-bond donors (Lipinski definition) is 1. The molecule has 6 aromatic rings. The van der Waals surface area contributed by atoms with Gasteiger partial charge in [0.2, 0.25) is 0 Å². The van der Waals surface area contributed by atoms with Gasteiger partial charge in [0.05, 0.1) is 4.01 Å². The van der Waals surface area contributed by atoms with Crippen molar-refractivity contribution in [1.82, 2.24) is 4.98 Å². The maximum absolute atomic E-state index is 12.6. The number of benzene rings is 3. The standard InChI is InChI=1S/C21H11NOS2/c23-20-19-17(14-9-10-24-21(14)25-19)18-15(22-20)8-7-12-6-5-11-3-1-2-4-13(11)16(12)18/h1-10H,(H,22,23). The van der Waals surface area contributed by atoms with E-state index in [1.807, 2.05) is 6.07 Å². The summed E-state index contributed by atoms with van der Waals surface area (Å²) in [6.07, 6.45) is 0. The van der Waals surface area contributed by atoms with Crippen LogP contribution in [0.25, 0.3) is 51.9 Å². The minimum absolute atomic E-state index is 0.00971. The minimum Gasteiger partial charge on any atom is -0.321 e. The van der Waals surface area contributed by atoms with Crippen LogP contribution in [-0.2, 0) is 0 Å². The molecule has 0 saturated heterocycles. The first-order valence-corrected chi connectivity index (χ1v) is 9.77. The van der Waals surface area contributed by atoms with Crippen LogP contribution in [0.1, 0.15) is 0 Å². The molecule has 0 amide bonds. The van der Waals surface area contributed by atoms with Gasteiger partial charge in [-0.1, -0.05) is 42.5 Å². The monoisotopic (exact) mass is 357 g/mol. The average molecular weight is 357 g/mol. The summed E-state index contributed by atoms with van der Waals surface area (Å²) in [5.74, 6) is 0. The van der Waals surface area contributed by atoms with Crippen LogP contribution in [-0.4, -0.2) is 4.98 Å². The smallest absolute Gasteiger partial charge is 0.266 e. The Morgan fingerprint density at radius 3 is 2.56 bits per heavy atom. The van der Waals surface area contributed by atoms with Crippen LogP contribution < -0.4 is 5.56 Å². The summed E-state index contributed by atoms with van der Waals surface area (Å²) in [6.45, 7) is 0. The van der Waals surface area contributed by atoms with Gasteiger partial charge in [-0.2, -0.15) is 0 Å². The number of thiophene rings is 2. The van der Waals surface area contributed by atoms with Crippen molar-refractivity contribution in [2.45, 2.75) is 0 Å². The molecule has 3 aromatic heterocycles. The van der Waals surface area contributed by atoms with Crippen molar-refractivity contribution in [3.8, 4) is 0 Å². The summed E-state index contributed by atoms with van der Waals surface area (Å²) in [5, 5.41) is 10.4. The maximum Gasteiger partial charge on any atom is 0.266 e. The molecule has 3 heterocycles. The van der Waals surface area contributed by atoms with Crippen LogP contribution in [0.4, 0.5) is 0 Å². The molecule has 118 valence electrons. The number of aromatic amines is 1. The largest absolute Gasteiger partial charge is 0.321 e. The Kier molecular flexibility index (Phi) is 2.55. The van der Waals surface area contributed by atoms with Gasteiger partial charge >= 0.3 is 0 Å². The molecule has 0 aliphatic heterocycles. The van der Waals surface area contributed by atoms with Crippen LogP contribution in [0.3, 0.4) is 0 Å². The Morgan fingerprint density at radius 1 is 0.760 bits per heavy atom. The van der Waals surface area contributed by atoms with Crippen LogP contribution >= 0.6 is 22.7 Å². The third-order valence-electron chi connectivity index (χ3n) is 4.94. The second-order valence-electron chi connectivity index (χ2n) is 6.25. The van der Waals surface area contributed by atoms with E-state index in [1.165, 1.54) is 30.9 Å². The average Bonchev–Trinajstić information content (AvgIpc) is 3.23. The van der Waals surface area contributed by atoms with E-state index in [9.17, 15) is 4.79 Å². The molecule has 0 saturated carbocycles. The fraction of sp³-hybridized carbons (Fsp3) is 0. The molecule has 4 heteroatoms. The van der Waals surface area contributed by atoms with Gasteiger partial charge in [-0.15, -0.1) is 22.7 Å². The third kappa shape index (κ3) is 1.70. The maximum atomic E-state index is 12.6. The van der Waals surface area contributed by atoms with Crippen molar-refractivity contribution in [1.29, 1.82) is 0 Å². The predicted molar refractivity (Wildman–Crippen MR) is 110 cm³/mol. The second-order valence-corrected chi connectivity index (χ2v) is 8.45. The van der Waals surface area contributed by atoms with E-state index in [2.05, 4.69) is 58.9 Å². The van der Waals surface area contributed by atoms with Gasteiger partial charge in [0.15, 0.2) is 0 Å². The molecule has 0 fully saturated rings. The molecule has 3 aromatic carbocycles. The van der Waals surface area contributed by atoms with Crippen LogP contribution in [0.15, 0.2) is 64.8 Å². The molecule has 0 radical (unpaired) electrons. The first-order valence-electron chi connectivity index (χ1n) is 8.07. The summed E-state index contributed by atoms with van der Waals surface area (Å²) >= 11 is 3.30. The normalized spacial score (nSPS) is 12.2. The lowest BCUT2D eigenvalue weighted by Gasteiger charge is -2.09. The predicted octanol–water partition coefficient (Wildman–Crippen LogP) is 6.26. The zero-order chi connectivity index (χ0) is 16.5. The Bertz CT molecular complexity index is 1520. The van der Waals surface area contributed by atoms with Crippen LogP contribution in [0, 0.1) is 0 Å². The quantitative estimate of drug-likeness (QED) is 0.320. The van der Waals surface area contributed by atoms with Gasteiger partial charge in [-0.05, 0) is 39.1 Å². The summed E-state index contributed by atoms with van der Waals surface area (Å²) < 4.78 is 2.04. The van der Waals surface area contributed by atoms with Crippen LogP contribution in [0.2, 0.25) is 0 Å². The number of rotatable bonds is 0. The number of nitrogens with one attached hydrogen (secondary N) is 1. The Morgan fingerprint density at radius 2 is 1.60 bits per heavy atom. The zero-order valence-corrected chi connectivity index (χ0v) is 14.6. The third-order valence-corrected chi connectivity index (χ3v) is 7.18. The Labute approximate surface area is 150 Å². The van der Waals surface area contributed by atoms with Gasteiger partial charge < -0.3 is 4.98 Å². The zero-order valence-electron chi connectivity index (χ0n) is 13.0. The van der Waals surface area contributed by atoms with Crippen LogP contribution in [0.5, 0.6) is 0 Å². The summed E-state index contributed by atoms with van der Waals surface area (Å²) in [5.41, 5.74) is 0.919. The van der Waals surface area contributed by atoms with Crippen molar-refractivity contribution in [2.24, 2.45) is 0 Å². The number of aromatic nitrogens is 1. The SMILES string of the molecule is O=c1[nH]c2ccc3ccc4ccccc4c3c2c2c1sc1sccc12. The second kappa shape index (κ2) is 4.69. The van der Waals surface area contributed by atoms with Crippen molar-refractivity contribution >= 4 is 74.6 Å². The van der Waals surface area contributed by atoms with E-state index >= 15 is 0 Å². The fourth-order valence-electron chi connectivity index (χ4n) is 3.87. The fourth-order valence-corrected chi connectivity index (χ4v) is 6.03. The van der Waals surface area contributed by atoms with Gasteiger partial charge in [0.25, 0.3) is 5.56 Å². The number of fused-ring (bicyclic) bond motifs is 9. The molecule has 6 rings (SSSR count). The molecule has 0 unspecified atom stereocenters. The molecule has 1 N–H and O–H groups in total. The molecule has 0 bridgehead atoms. The number of pyridine rings is 1. The van der Waals surface area contributed by atoms with E-state index in [1.54, 1.807) is 22.7 Å². The number of H-pyrrole nitrogens is 1. The van der Waals surface area contributed by atoms with E-state index in [0.29, 0.717) is 0 Å². The molecular weight excluding hydrogens is 346 g/mol. The van der Waals surface area contributed by atoms with E-state index in [4.69, 9.17) is 0 Å². The van der Waals surface area contributed by atoms with Crippen molar-refractivity contribution < 1.29 is 0 Å². The van der Waals surface area contributed by atoms with Gasteiger partial charge in [-0.3, -0.25) is 4.79 Å². The van der Waals surface area contributed by atoms with E-state index in [0.717, 1.165) is 21.0 Å². The lowest BCUT2D eigenvalue weighted by molar-refractivity contribution is 1.36. The topological polar surface area (TPSA) is 32.9 Å². The van der Waals surface area contributed by atoms with Gasteiger partial charge in [0.1, 0.15) is 4.70 Å². The van der Waals surface area contributed by atoms with Gasteiger partial charge in [0, 0.05) is 21.7 Å². The molecule has 0 atom stereocenters. The highest BCUT2D eigenvalue weighted by atomic mass is 32.2. The molecule has 0 spiro atoms. The van der Waals surface area contributed by atoms with Crippen molar-refractivity contribution in [3.05, 3.63) is 70.3 Å². The Balaban J connectivity index is 2.07. The Hall–Kier alpha value is -2.69. The van der Waals surface area contributed by atoms with E-state index in [-0.39, 0.29) is 5.56 Å². The highest BCUT2D eigenvalue weighted by Crippen LogP contribution is 2.42. The first-order chi connectivity index (χ1) is 12.3. The van der Waals surface area contributed by atoms with Crippen molar-refractivity contribution in [3.63, 3.8) is 0 Å². The summed E-state index contributed by atoms with van der Waals surface area (Å²) in [7, 11) is 0. The number of hydrogen-bond acceptors (Lipinski definition) is 3. The summed E-state index contributed by atoms with van der Waals surface area (Å²) in [4.78, 5) is 15.7. The molecule has 0 aliphatic rings. The highest BCUT2D eigenvalue weighted by Gasteiger charge is 2.16. The molecule has 0 aliphatic carbocycles. The molecule has 2 nitrogen and oxygen atoms in total.